The van der Waals surface area contributed by atoms with E-state index in [-0.39, 0.29) is 0 Å². The van der Waals surface area contributed by atoms with Gasteiger partial charge in [-0.25, -0.2) is 27.7 Å². The Morgan fingerprint density at radius 3 is 1.70 bits per heavy atom. The van der Waals surface area contributed by atoms with Crippen LogP contribution in [0.15, 0.2) is 22.4 Å². The van der Waals surface area contributed by atoms with Crippen molar-refractivity contribution < 1.29 is 22.3 Å². The van der Waals surface area contributed by atoms with Crippen molar-refractivity contribution in [3.63, 3.8) is 0 Å². The van der Waals surface area contributed by atoms with Crippen molar-refractivity contribution in [2.75, 3.05) is 0 Å². The number of allylic oxidation sites excluding steroid dienone is 2. The van der Waals surface area contributed by atoms with Gasteiger partial charge in [-0.15, -0.1) is 0 Å². The largest absolute Gasteiger partial charge is 0.366 e. The maximum atomic E-state index is 14.7. The Bertz CT molecular complexity index is 764. The highest BCUT2D eigenvalue weighted by molar-refractivity contribution is 9.09. The van der Waals surface area contributed by atoms with Gasteiger partial charge in [0, 0.05) is 11.1 Å². The fourth-order valence-electron chi connectivity index (χ4n) is 2.97. The van der Waals surface area contributed by atoms with Gasteiger partial charge in [0.1, 0.15) is 48.4 Å². The van der Waals surface area contributed by atoms with Gasteiger partial charge in [0.2, 0.25) is 0 Å². The zero-order chi connectivity index (χ0) is 20.5. The molecule has 0 spiro atoms. The minimum atomic E-state index is -2.24. The second kappa shape index (κ2) is 8.40. The van der Waals surface area contributed by atoms with Gasteiger partial charge >= 0.3 is 0 Å². The van der Waals surface area contributed by atoms with E-state index in [1.165, 1.54) is 18.2 Å². The molecule has 2 aliphatic carbocycles. The van der Waals surface area contributed by atoms with E-state index >= 15 is 0 Å². The van der Waals surface area contributed by atoms with Crippen LogP contribution in [0.1, 0.15) is 0 Å². The number of nitrogens with zero attached hydrogens (tertiary/aromatic N) is 4. The number of hydrogen-bond acceptors (Lipinski definition) is 4. The summed E-state index contributed by atoms with van der Waals surface area (Å²) in [4.78, 5) is 0.0754. The second-order valence-electron chi connectivity index (χ2n) is 5.64. The average molecular weight is 508 g/mol. The zero-order valence-corrected chi connectivity index (χ0v) is 16.3. The highest BCUT2D eigenvalue weighted by atomic mass is 79.9. The van der Waals surface area contributed by atoms with Crippen molar-refractivity contribution >= 4 is 31.9 Å². The maximum Gasteiger partial charge on any atom is 0.267 e. The van der Waals surface area contributed by atoms with Crippen molar-refractivity contribution in [2.24, 2.45) is 0 Å². The summed E-state index contributed by atoms with van der Waals surface area (Å²) in [6, 6.07) is 4.18. The molecule has 0 aromatic carbocycles. The van der Waals surface area contributed by atoms with Crippen molar-refractivity contribution in [1.29, 1.82) is 15.8 Å². The fourth-order valence-corrected chi connectivity index (χ4v) is 4.33. The summed E-state index contributed by atoms with van der Waals surface area (Å²) in [5.41, 5.74) is -2.98. The Kier molecular flexibility index (Phi) is 6.65. The number of nitriles is 3. The normalized spacial score (nSPS) is 39.9. The standard InChI is InChI=1S/C16H8Br2F4N4O/c1-26-6(4-25)8-12(20)10(18)16(14(8)22)27-15-9(17)11(19)7(13(15)21)5(2-23)3-24/h9-16H/b8-6-. The Balaban J connectivity index is 2.38. The van der Waals surface area contributed by atoms with Crippen LogP contribution in [0.4, 0.5) is 17.6 Å². The van der Waals surface area contributed by atoms with Gasteiger partial charge in [-0.3, -0.25) is 0 Å². The molecule has 5 nitrogen and oxygen atoms in total. The van der Waals surface area contributed by atoms with Crippen LogP contribution < -0.4 is 0 Å². The molecule has 140 valence electrons. The van der Waals surface area contributed by atoms with Gasteiger partial charge in [-0.05, 0) is 0 Å². The predicted molar refractivity (Wildman–Crippen MR) is 91.2 cm³/mol. The van der Waals surface area contributed by atoms with E-state index in [0.29, 0.717) is 0 Å². The average Bonchev–Trinajstić information content (AvgIpc) is 2.99. The van der Waals surface area contributed by atoms with Gasteiger partial charge < -0.3 is 4.74 Å². The lowest BCUT2D eigenvalue weighted by molar-refractivity contribution is -0.0500. The third kappa shape index (κ3) is 3.48. The van der Waals surface area contributed by atoms with Crippen LogP contribution in [-0.4, -0.2) is 46.5 Å². The minimum absolute atomic E-state index is 0.721. The number of alkyl halides is 6. The molecule has 8 unspecified atom stereocenters. The smallest absolute Gasteiger partial charge is 0.267 e. The summed E-state index contributed by atoms with van der Waals surface area (Å²) in [6.07, 6.45) is -11.9. The minimum Gasteiger partial charge on any atom is -0.366 e. The van der Waals surface area contributed by atoms with Crippen molar-refractivity contribution in [3.05, 3.63) is 33.8 Å². The third-order valence-corrected chi connectivity index (χ3v) is 6.24. The molecule has 11 heteroatoms. The Hall–Kier alpha value is -1.92. The van der Waals surface area contributed by atoms with E-state index in [2.05, 4.69) is 36.7 Å². The first kappa shape index (κ1) is 21.4. The number of halogens is 6. The summed E-state index contributed by atoms with van der Waals surface area (Å²) < 4.78 is 63.4. The first-order valence-electron chi connectivity index (χ1n) is 7.30. The SMILES string of the molecule is [C-]#[N+]/C(C#N)=C1/C(F)C(Br)C(OC2C(F)C(=C(C#N)C#N)C(F)C2Br)C1F. The molecule has 27 heavy (non-hydrogen) atoms. The van der Waals surface area contributed by atoms with E-state index in [1.54, 1.807) is 0 Å². The molecule has 0 N–H and O–H groups in total. The maximum absolute atomic E-state index is 14.7. The van der Waals surface area contributed by atoms with Crippen LogP contribution in [0.25, 0.3) is 4.85 Å². The van der Waals surface area contributed by atoms with E-state index < -0.39 is 69.0 Å². The van der Waals surface area contributed by atoms with Crippen LogP contribution in [0.3, 0.4) is 0 Å². The van der Waals surface area contributed by atoms with E-state index in [1.807, 2.05) is 0 Å². The van der Waals surface area contributed by atoms with Gasteiger partial charge in [0.15, 0.2) is 6.17 Å². The molecule has 0 amide bonds. The lowest BCUT2D eigenvalue weighted by Gasteiger charge is -2.25. The Morgan fingerprint density at radius 1 is 0.852 bits per heavy atom. The molecule has 0 aliphatic heterocycles. The summed E-state index contributed by atoms with van der Waals surface area (Å²) >= 11 is 5.75. The first-order chi connectivity index (χ1) is 12.7. The molecule has 0 saturated heterocycles. The van der Waals surface area contributed by atoms with Crippen molar-refractivity contribution in [2.45, 2.75) is 46.5 Å². The molecule has 2 fully saturated rings. The van der Waals surface area contributed by atoms with E-state index in [9.17, 15) is 17.6 Å². The van der Waals surface area contributed by atoms with Gasteiger partial charge in [0.25, 0.3) is 5.70 Å². The van der Waals surface area contributed by atoms with Crippen molar-refractivity contribution in [3.8, 4) is 18.2 Å². The molecule has 8 atom stereocenters. The topological polar surface area (TPSA) is 85.0 Å². The quantitative estimate of drug-likeness (QED) is 0.247. The van der Waals surface area contributed by atoms with Crippen LogP contribution in [0, 0.1) is 40.6 Å². The summed E-state index contributed by atoms with van der Waals surface area (Å²) in [5.74, 6) is 0. The molecule has 0 heterocycles. The van der Waals surface area contributed by atoms with Crippen LogP contribution in [0.5, 0.6) is 0 Å². The molecule has 2 saturated carbocycles. The van der Waals surface area contributed by atoms with Gasteiger partial charge in [-0.2, -0.15) is 10.5 Å². The molecule has 2 aliphatic rings. The van der Waals surface area contributed by atoms with E-state index in [0.717, 1.165) is 0 Å². The van der Waals surface area contributed by atoms with Gasteiger partial charge in [0.05, 0.1) is 22.3 Å². The van der Waals surface area contributed by atoms with Crippen LogP contribution in [-0.2, 0) is 4.74 Å². The molecule has 0 aromatic heterocycles. The Labute approximate surface area is 168 Å². The summed E-state index contributed by atoms with van der Waals surface area (Å²) in [6.45, 7) is 6.84. The monoisotopic (exact) mass is 506 g/mol. The molecular weight excluding hydrogens is 500 g/mol. The lowest BCUT2D eigenvalue weighted by Crippen LogP contribution is -2.39. The third-order valence-electron chi connectivity index (χ3n) is 4.27. The van der Waals surface area contributed by atoms with Gasteiger partial charge in [-0.1, -0.05) is 31.9 Å². The van der Waals surface area contributed by atoms with E-state index in [4.69, 9.17) is 27.1 Å². The predicted octanol–water partition coefficient (Wildman–Crippen LogP) is 3.69. The summed E-state index contributed by atoms with van der Waals surface area (Å²) in [5, 5.41) is 26.5. The molecule has 0 aromatic rings. The second-order valence-corrected chi connectivity index (χ2v) is 7.76. The lowest BCUT2D eigenvalue weighted by atomic mass is 10.1. The van der Waals surface area contributed by atoms with Crippen molar-refractivity contribution in [1.82, 2.24) is 0 Å². The van der Waals surface area contributed by atoms with Crippen LogP contribution in [0.2, 0.25) is 0 Å². The molecular formula is C16H8Br2F4N4O. The fraction of sp³-hybridized carbons (Fsp3) is 0.500. The number of rotatable bonds is 2. The highest BCUT2D eigenvalue weighted by Crippen LogP contribution is 2.45. The first-order valence-corrected chi connectivity index (χ1v) is 9.13. The molecule has 2 rings (SSSR count). The summed E-state index contributed by atoms with van der Waals surface area (Å²) in [7, 11) is 0. The van der Waals surface area contributed by atoms with Crippen LogP contribution >= 0.6 is 31.9 Å². The zero-order valence-electron chi connectivity index (χ0n) is 13.1. The highest BCUT2D eigenvalue weighted by Gasteiger charge is 2.55. The molecule has 0 bridgehead atoms. The molecule has 0 radical (unpaired) electrons. The number of hydrogen-bond donors (Lipinski definition) is 0. The Morgan fingerprint density at radius 2 is 1.30 bits per heavy atom. The number of ether oxygens (including phenoxy) is 1.